The van der Waals surface area contributed by atoms with Crippen LogP contribution in [0.25, 0.3) is 0 Å². The van der Waals surface area contributed by atoms with Gasteiger partial charge in [-0.3, -0.25) is 4.99 Å². The largest absolute Gasteiger partial charge is 0.354 e. The second-order valence-electron chi connectivity index (χ2n) is 6.82. The van der Waals surface area contributed by atoms with Crippen molar-refractivity contribution in [3.63, 3.8) is 0 Å². The number of hydrogen-bond donors (Lipinski definition) is 0. The summed E-state index contributed by atoms with van der Waals surface area (Å²) in [6.07, 6.45) is 17.7. The Labute approximate surface area is 160 Å². The number of pyridine rings is 1. The topological polar surface area (TPSA) is 17.3 Å². The maximum Gasteiger partial charge on any atom is 0.0603 e. The van der Waals surface area contributed by atoms with Gasteiger partial charge in [-0.05, 0) is 30.9 Å². The predicted octanol–water partition coefficient (Wildman–Crippen LogP) is 6.54. The summed E-state index contributed by atoms with van der Waals surface area (Å²) in [5, 5.41) is 1.14. The molecule has 0 aliphatic carbocycles. The van der Waals surface area contributed by atoms with Gasteiger partial charge in [0, 0.05) is 25.5 Å². The van der Waals surface area contributed by atoms with E-state index in [1.54, 1.807) is 0 Å². The van der Waals surface area contributed by atoms with Gasteiger partial charge < -0.3 is 4.57 Å². The van der Waals surface area contributed by atoms with E-state index in [1.807, 2.05) is 0 Å². The van der Waals surface area contributed by atoms with Crippen molar-refractivity contribution in [1.82, 2.24) is 4.57 Å². The fourth-order valence-corrected chi connectivity index (χ4v) is 2.99. The molecular formula is C21H39BrN2. The molecule has 0 fully saturated rings. The average molecular weight is 399 g/mol. The van der Waals surface area contributed by atoms with E-state index in [0.717, 1.165) is 24.4 Å². The van der Waals surface area contributed by atoms with Crippen LogP contribution in [0.3, 0.4) is 0 Å². The van der Waals surface area contributed by atoms with Crippen LogP contribution in [0.5, 0.6) is 0 Å². The Morgan fingerprint density at radius 3 is 2.12 bits per heavy atom. The minimum Gasteiger partial charge on any atom is -0.354 e. The van der Waals surface area contributed by atoms with Crippen LogP contribution in [-0.2, 0) is 6.54 Å². The first-order chi connectivity index (χ1) is 11.3. The third-order valence-electron chi connectivity index (χ3n) is 4.69. The molecule has 3 heteroatoms. The highest BCUT2D eigenvalue weighted by molar-refractivity contribution is 8.93. The maximum atomic E-state index is 4.70. The normalized spacial score (nSPS) is 11.8. The summed E-state index contributed by atoms with van der Waals surface area (Å²) in [5.74, 6) is 0.811. The van der Waals surface area contributed by atoms with E-state index in [0.29, 0.717) is 0 Å². The summed E-state index contributed by atoms with van der Waals surface area (Å²) >= 11 is 0. The van der Waals surface area contributed by atoms with Crippen molar-refractivity contribution < 1.29 is 0 Å². The van der Waals surface area contributed by atoms with Crippen LogP contribution < -0.4 is 5.36 Å². The molecule has 0 bridgehead atoms. The molecule has 140 valence electrons. The Kier molecular flexibility index (Phi) is 15.6. The molecule has 1 aromatic rings. The summed E-state index contributed by atoms with van der Waals surface area (Å²) in [6, 6.07) is 4.34. The van der Waals surface area contributed by atoms with Crippen LogP contribution in [-0.4, -0.2) is 11.1 Å². The third kappa shape index (κ3) is 11.1. The second-order valence-corrected chi connectivity index (χ2v) is 6.82. The zero-order chi connectivity index (χ0) is 16.8. The highest BCUT2D eigenvalue weighted by Gasteiger charge is 2.05. The molecule has 0 radical (unpaired) electrons. The molecule has 1 heterocycles. The van der Waals surface area contributed by atoms with Gasteiger partial charge in [0.2, 0.25) is 0 Å². The lowest BCUT2D eigenvalue weighted by Crippen LogP contribution is -2.12. The van der Waals surface area contributed by atoms with Crippen LogP contribution in [0, 0.1) is 5.92 Å². The molecule has 1 unspecified atom stereocenters. The van der Waals surface area contributed by atoms with Gasteiger partial charge in [0.25, 0.3) is 0 Å². The highest BCUT2D eigenvalue weighted by Crippen LogP contribution is 2.14. The minimum absolute atomic E-state index is 0. The number of aromatic nitrogens is 1. The molecular weight excluding hydrogens is 360 g/mol. The van der Waals surface area contributed by atoms with E-state index < -0.39 is 0 Å². The van der Waals surface area contributed by atoms with Crippen LogP contribution in [0.2, 0.25) is 0 Å². The van der Waals surface area contributed by atoms with Gasteiger partial charge in [-0.2, -0.15) is 0 Å². The Morgan fingerprint density at radius 2 is 1.50 bits per heavy atom. The Bertz CT molecular complexity index is 433. The van der Waals surface area contributed by atoms with Gasteiger partial charge in [0.15, 0.2) is 0 Å². The number of hydrogen-bond acceptors (Lipinski definition) is 1. The molecule has 0 aliphatic heterocycles. The van der Waals surface area contributed by atoms with E-state index in [9.17, 15) is 0 Å². The third-order valence-corrected chi connectivity index (χ3v) is 4.69. The highest BCUT2D eigenvalue weighted by atomic mass is 79.9. The van der Waals surface area contributed by atoms with Gasteiger partial charge in [0.1, 0.15) is 0 Å². The van der Waals surface area contributed by atoms with Gasteiger partial charge in [-0.1, -0.05) is 72.1 Å². The van der Waals surface area contributed by atoms with E-state index in [-0.39, 0.29) is 17.0 Å². The molecule has 0 amide bonds. The fraction of sp³-hybridized carbons (Fsp3) is 0.762. The predicted molar refractivity (Wildman–Crippen MR) is 112 cm³/mol. The molecule has 24 heavy (non-hydrogen) atoms. The molecule has 0 spiro atoms. The lowest BCUT2D eigenvalue weighted by Gasteiger charge is -2.16. The lowest BCUT2D eigenvalue weighted by atomic mass is 9.99. The first-order valence-corrected chi connectivity index (χ1v) is 9.96. The fourth-order valence-electron chi connectivity index (χ4n) is 2.99. The number of nitrogens with zero attached hydrogens (tertiary/aromatic N) is 2. The first-order valence-electron chi connectivity index (χ1n) is 9.96. The monoisotopic (exact) mass is 398 g/mol. The Morgan fingerprint density at radius 1 is 0.875 bits per heavy atom. The number of rotatable bonds is 13. The van der Waals surface area contributed by atoms with Crippen molar-refractivity contribution in [3.8, 4) is 0 Å². The van der Waals surface area contributed by atoms with Gasteiger partial charge in [-0.15, -0.1) is 17.0 Å². The molecule has 1 aromatic heterocycles. The van der Waals surface area contributed by atoms with E-state index in [1.165, 1.54) is 64.2 Å². The molecule has 0 aromatic carbocycles. The molecule has 0 aliphatic rings. The summed E-state index contributed by atoms with van der Waals surface area (Å²) in [5.41, 5.74) is 0. The second kappa shape index (κ2) is 15.9. The Balaban J connectivity index is 0.00000529. The first kappa shape index (κ1) is 23.4. The van der Waals surface area contributed by atoms with Gasteiger partial charge in [0.05, 0.1) is 5.36 Å². The van der Waals surface area contributed by atoms with E-state index in [4.69, 9.17) is 4.99 Å². The summed E-state index contributed by atoms with van der Waals surface area (Å²) in [6.45, 7) is 8.98. The van der Waals surface area contributed by atoms with Crippen LogP contribution in [0.1, 0.15) is 85.0 Å². The zero-order valence-corrected chi connectivity index (χ0v) is 17.9. The standard InChI is InChI=1S/C21H38N2.BrH/c1-4-7-9-10-11-12-16-22-21-14-17-23(18-15-21)19-20(6-3)13-8-5-2;/h14-15,17-18,20H,4-13,16,19H2,1-3H3;1H. The van der Waals surface area contributed by atoms with Crippen molar-refractivity contribution >= 4 is 17.0 Å². The van der Waals surface area contributed by atoms with Gasteiger partial charge >= 0.3 is 0 Å². The maximum absolute atomic E-state index is 4.70. The van der Waals surface area contributed by atoms with Crippen LogP contribution in [0.15, 0.2) is 29.5 Å². The van der Waals surface area contributed by atoms with Crippen molar-refractivity contribution in [2.45, 2.75) is 91.5 Å². The molecule has 2 nitrogen and oxygen atoms in total. The van der Waals surface area contributed by atoms with Crippen molar-refractivity contribution in [2.24, 2.45) is 10.9 Å². The van der Waals surface area contributed by atoms with E-state index >= 15 is 0 Å². The number of halogens is 1. The molecule has 0 saturated heterocycles. The lowest BCUT2D eigenvalue weighted by molar-refractivity contribution is 0.389. The molecule has 0 N–H and O–H groups in total. The average Bonchev–Trinajstić information content (AvgIpc) is 2.59. The summed E-state index contributed by atoms with van der Waals surface area (Å²) in [4.78, 5) is 4.70. The SMILES string of the molecule is Br.CCCCCCCCN=c1ccn(CC(CC)CCCC)cc1. The minimum atomic E-state index is 0. The van der Waals surface area contributed by atoms with Crippen molar-refractivity contribution in [2.75, 3.05) is 6.54 Å². The van der Waals surface area contributed by atoms with Crippen molar-refractivity contribution in [3.05, 3.63) is 29.9 Å². The smallest absolute Gasteiger partial charge is 0.0603 e. The number of unbranched alkanes of at least 4 members (excludes halogenated alkanes) is 6. The zero-order valence-electron chi connectivity index (χ0n) is 16.2. The summed E-state index contributed by atoms with van der Waals surface area (Å²) < 4.78 is 2.33. The van der Waals surface area contributed by atoms with Crippen LogP contribution >= 0.6 is 17.0 Å². The molecule has 1 rings (SSSR count). The summed E-state index contributed by atoms with van der Waals surface area (Å²) in [7, 11) is 0. The molecule has 1 atom stereocenters. The van der Waals surface area contributed by atoms with E-state index in [2.05, 4.69) is 49.9 Å². The van der Waals surface area contributed by atoms with Crippen molar-refractivity contribution in [1.29, 1.82) is 0 Å². The molecule has 0 saturated carbocycles. The van der Waals surface area contributed by atoms with Crippen LogP contribution in [0.4, 0.5) is 0 Å². The van der Waals surface area contributed by atoms with Gasteiger partial charge in [-0.25, -0.2) is 0 Å². The quantitative estimate of drug-likeness (QED) is 0.335. The Hall–Kier alpha value is -0.570.